The lowest BCUT2D eigenvalue weighted by molar-refractivity contribution is -0.141. The Morgan fingerprint density at radius 3 is 2.59 bits per heavy atom. The second-order valence-electron chi connectivity index (χ2n) is 4.71. The maximum atomic E-state index is 12.4. The van der Waals surface area contributed by atoms with Crippen LogP contribution in [0.5, 0.6) is 0 Å². The first-order valence-corrected chi connectivity index (χ1v) is 8.03. The van der Waals surface area contributed by atoms with Crippen LogP contribution in [-0.4, -0.2) is 31.3 Å². The molecule has 0 saturated heterocycles. The van der Waals surface area contributed by atoms with Crippen LogP contribution in [0.3, 0.4) is 0 Å². The largest absolute Gasteiger partial charge is 0.469 e. The van der Waals surface area contributed by atoms with Gasteiger partial charge in [-0.1, -0.05) is 30.3 Å². The summed E-state index contributed by atoms with van der Waals surface area (Å²) in [7, 11) is -0.891. The first kappa shape index (κ1) is 16.2. The van der Waals surface area contributed by atoms with Crippen LogP contribution in [0.15, 0.2) is 47.6 Å². The van der Waals surface area contributed by atoms with Crippen molar-refractivity contribution in [3.8, 4) is 0 Å². The topological polar surface area (TPSA) is 90.3 Å². The minimum Gasteiger partial charge on any atom is -0.469 e. The molecule has 0 amide bonds. The van der Waals surface area contributed by atoms with Gasteiger partial charge in [0.2, 0.25) is 10.0 Å². The molecule has 0 aliphatic rings. The van der Waals surface area contributed by atoms with Crippen molar-refractivity contribution < 1.29 is 17.9 Å². The summed E-state index contributed by atoms with van der Waals surface area (Å²) in [5, 5.41) is 3.85. The minimum atomic E-state index is -3.78. The fourth-order valence-corrected chi connectivity index (χ4v) is 3.16. The van der Waals surface area contributed by atoms with Crippen LogP contribution in [0, 0.1) is 0 Å². The number of nitrogens with zero attached hydrogens (tertiary/aromatic N) is 2. The van der Waals surface area contributed by atoms with E-state index >= 15 is 0 Å². The molecule has 1 N–H and O–H groups in total. The number of ether oxygens (including phenoxy) is 1. The quantitative estimate of drug-likeness (QED) is 0.801. The third kappa shape index (κ3) is 3.92. The van der Waals surface area contributed by atoms with Crippen molar-refractivity contribution in [2.45, 2.75) is 17.4 Å². The summed E-state index contributed by atoms with van der Waals surface area (Å²) < 4.78 is 33.3. The summed E-state index contributed by atoms with van der Waals surface area (Å²) in [6.45, 7) is 0. The number of aryl methyl sites for hydroxylation is 1. The molecule has 1 aromatic heterocycles. The molecule has 1 aromatic carbocycles. The number of sulfonamides is 1. The molecule has 1 atom stereocenters. The van der Waals surface area contributed by atoms with Gasteiger partial charge in [0, 0.05) is 13.2 Å². The van der Waals surface area contributed by atoms with E-state index in [-0.39, 0.29) is 11.3 Å². The molecule has 0 saturated carbocycles. The Morgan fingerprint density at radius 2 is 2.05 bits per heavy atom. The zero-order chi connectivity index (χ0) is 16.2. The lowest BCUT2D eigenvalue weighted by atomic mass is 10.1. The molecule has 1 unspecified atom stereocenters. The Morgan fingerprint density at radius 1 is 1.36 bits per heavy atom. The van der Waals surface area contributed by atoms with Crippen molar-refractivity contribution >= 4 is 16.0 Å². The van der Waals surface area contributed by atoms with E-state index in [2.05, 4.69) is 14.6 Å². The van der Waals surface area contributed by atoms with E-state index < -0.39 is 22.0 Å². The number of hydrogen-bond acceptors (Lipinski definition) is 5. The Labute approximate surface area is 129 Å². The van der Waals surface area contributed by atoms with Gasteiger partial charge in [-0.05, 0) is 5.56 Å². The SMILES string of the molecule is COC(=O)CC(NS(=O)(=O)c1cnn(C)c1)c1ccccc1. The summed E-state index contributed by atoms with van der Waals surface area (Å²) in [4.78, 5) is 11.6. The summed E-state index contributed by atoms with van der Waals surface area (Å²) in [6.07, 6.45) is 2.55. The average Bonchev–Trinajstić information content (AvgIpc) is 2.94. The number of rotatable bonds is 6. The fraction of sp³-hybridized carbons (Fsp3) is 0.286. The number of esters is 1. The lowest BCUT2D eigenvalue weighted by Gasteiger charge is -2.17. The zero-order valence-corrected chi connectivity index (χ0v) is 13.1. The molecule has 0 bridgehead atoms. The molecule has 7 nitrogen and oxygen atoms in total. The average molecular weight is 323 g/mol. The fourth-order valence-electron chi connectivity index (χ4n) is 1.96. The standard InChI is InChI=1S/C14H17N3O4S/c1-17-10-12(9-15-17)22(19,20)16-13(8-14(18)21-2)11-6-4-3-5-7-11/h3-7,9-10,13,16H,8H2,1-2H3. The van der Waals surface area contributed by atoms with E-state index in [0.717, 1.165) is 0 Å². The lowest BCUT2D eigenvalue weighted by Crippen LogP contribution is -2.30. The molecule has 0 aliphatic carbocycles. The maximum Gasteiger partial charge on any atom is 0.307 e. The highest BCUT2D eigenvalue weighted by Gasteiger charge is 2.24. The van der Waals surface area contributed by atoms with E-state index in [1.165, 1.54) is 24.2 Å². The maximum absolute atomic E-state index is 12.4. The van der Waals surface area contributed by atoms with Crippen LogP contribution >= 0.6 is 0 Å². The summed E-state index contributed by atoms with van der Waals surface area (Å²) in [6, 6.07) is 8.15. The van der Waals surface area contributed by atoms with Crippen molar-refractivity contribution in [2.24, 2.45) is 7.05 Å². The van der Waals surface area contributed by atoms with Gasteiger partial charge in [0.1, 0.15) is 4.90 Å². The van der Waals surface area contributed by atoms with E-state index in [0.29, 0.717) is 5.56 Å². The van der Waals surface area contributed by atoms with Crippen LogP contribution in [0.2, 0.25) is 0 Å². The highest BCUT2D eigenvalue weighted by atomic mass is 32.2. The van der Waals surface area contributed by atoms with Crippen molar-refractivity contribution in [1.82, 2.24) is 14.5 Å². The molecule has 0 spiro atoms. The van der Waals surface area contributed by atoms with Gasteiger partial charge in [0.05, 0.1) is 25.8 Å². The smallest absolute Gasteiger partial charge is 0.307 e. The Bertz CT molecular complexity index is 740. The Balaban J connectivity index is 2.28. The van der Waals surface area contributed by atoms with Crippen LogP contribution in [0.4, 0.5) is 0 Å². The highest BCUT2D eigenvalue weighted by Crippen LogP contribution is 2.20. The van der Waals surface area contributed by atoms with Gasteiger partial charge in [-0.2, -0.15) is 5.10 Å². The molecular weight excluding hydrogens is 306 g/mol. The van der Waals surface area contributed by atoms with Crippen molar-refractivity contribution in [3.05, 3.63) is 48.3 Å². The minimum absolute atomic E-state index is 0.0424. The number of aromatic nitrogens is 2. The number of carbonyl (C=O) groups excluding carboxylic acids is 1. The summed E-state index contributed by atoms with van der Waals surface area (Å²) in [5.41, 5.74) is 0.681. The van der Waals surface area contributed by atoms with E-state index in [1.54, 1.807) is 31.3 Å². The van der Waals surface area contributed by atoms with Crippen LogP contribution in [0.25, 0.3) is 0 Å². The van der Waals surface area contributed by atoms with Crippen LogP contribution < -0.4 is 4.72 Å². The predicted molar refractivity (Wildman–Crippen MR) is 79.3 cm³/mol. The predicted octanol–water partition coefficient (Wildman–Crippen LogP) is 1.00. The van der Waals surface area contributed by atoms with Gasteiger partial charge in [-0.3, -0.25) is 9.48 Å². The van der Waals surface area contributed by atoms with Crippen molar-refractivity contribution in [3.63, 3.8) is 0 Å². The molecule has 1 heterocycles. The van der Waals surface area contributed by atoms with Gasteiger partial charge in [-0.15, -0.1) is 0 Å². The van der Waals surface area contributed by atoms with E-state index in [4.69, 9.17) is 0 Å². The van der Waals surface area contributed by atoms with Crippen molar-refractivity contribution in [2.75, 3.05) is 7.11 Å². The second-order valence-corrected chi connectivity index (χ2v) is 6.43. The Hall–Kier alpha value is -2.19. The third-order valence-corrected chi connectivity index (χ3v) is 4.52. The van der Waals surface area contributed by atoms with Crippen LogP contribution in [-0.2, 0) is 26.6 Å². The molecular formula is C14H17N3O4S. The van der Waals surface area contributed by atoms with Gasteiger partial charge < -0.3 is 4.74 Å². The number of hydrogen-bond donors (Lipinski definition) is 1. The number of methoxy groups -OCH3 is 1. The first-order valence-electron chi connectivity index (χ1n) is 6.55. The molecule has 0 fully saturated rings. The first-order chi connectivity index (χ1) is 10.4. The molecule has 0 radical (unpaired) electrons. The normalized spacial score (nSPS) is 12.8. The van der Waals surface area contributed by atoms with E-state index in [9.17, 15) is 13.2 Å². The van der Waals surface area contributed by atoms with E-state index in [1.807, 2.05) is 6.07 Å². The Kier molecular flexibility index (Phi) is 4.94. The highest BCUT2D eigenvalue weighted by molar-refractivity contribution is 7.89. The summed E-state index contributed by atoms with van der Waals surface area (Å²) >= 11 is 0. The summed E-state index contributed by atoms with van der Waals surface area (Å²) in [5.74, 6) is -0.497. The number of benzene rings is 1. The monoisotopic (exact) mass is 323 g/mol. The zero-order valence-electron chi connectivity index (χ0n) is 12.3. The van der Waals surface area contributed by atoms with Gasteiger partial charge in [-0.25, -0.2) is 13.1 Å². The van der Waals surface area contributed by atoms with Crippen LogP contribution in [0.1, 0.15) is 18.0 Å². The van der Waals surface area contributed by atoms with Gasteiger partial charge in [0.15, 0.2) is 0 Å². The second kappa shape index (κ2) is 6.71. The third-order valence-electron chi connectivity index (χ3n) is 3.09. The molecule has 2 rings (SSSR count). The van der Waals surface area contributed by atoms with Gasteiger partial charge >= 0.3 is 5.97 Å². The number of carbonyl (C=O) groups is 1. The van der Waals surface area contributed by atoms with Gasteiger partial charge in [0.25, 0.3) is 0 Å². The number of nitrogens with one attached hydrogen (secondary N) is 1. The molecule has 8 heteroatoms. The molecule has 118 valence electrons. The molecule has 2 aromatic rings. The molecule has 22 heavy (non-hydrogen) atoms. The van der Waals surface area contributed by atoms with Crippen molar-refractivity contribution in [1.29, 1.82) is 0 Å². The molecule has 0 aliphatic heterocycles.